The topological polar surface area (TPSA) is 29.1 Å². The summed E-state index contributed by atoms with van der Waals surface area (Å²) in [6.07, 6.45) is 4.27. The minimum absolute atomic E-state index is 0.0512. The number of carbonyl (C=O) groups excluding carboxylic acids is 1. The molecule has 0 aliphatic carbocycles. The second-order valence-corrected chi connectivity index (χ2v) is 5.98. The van der Waals surface area contributed by atoms with E-state index in [1.54, 1.807) is 0 Å². The van der Waals surface area contributed by atoms with Crippen LogP contribution < -0.4 is 5.32 Å². The first kappa shape index (κ1) is 13.6. The van der Waals surface area contributed by atoms with Crippen LogP contribution in [0, 0.1) is 0 Å². The van der Waals surface area contributed by atoms with Crippen LogP contribution in [0.25, 0.3) is 0 Å². The van der Waals surface area contributed by atoms with Crippen LogP contribution in [0.3, 0.4) is 0 Å². The lowest BCUT2D eigenvalue weighted by Gasteiger charge is -2.29. The molecule has 4 heteroatoms. The summed E-state index contributed by atoms with van der Waals surface area (Å²) in [6.45, 7) is 5.10. The minimum atomic E-state index is 0.0512. The maximum absolute atomic E-state index is 11.8. The SMILES string of the molecule is CCC(CC)(CNC(=O)c1cccs1)SC. The lowest BCUT2D eigenvalue weighted by atomic mass is 10.0. The van der Waals surface area contributed by atoms with Crippen LogP contribution in [0.1, 0.15) is 36.4 Å². The van der Waals surface area contributed by atoms with Crippen molar-refractivity contribution in [1.82, 2.24) is 5.32 Å². The van der Waals surface area contributed by atoms with Crippen molar-refractivity contribution < 1.29 is 4.79 Å². The first-order valence-electron chi connectivity index (χ1n) is 5.54. The van der Waals surface area contributed by atoms with Gasteiger partial charge in [-0.2, -0.15) is 11.8 Å². The number of hydrogen-bond donors (Lipinski definition) is 1. The molecule has 1 aromatic heterocycles. The summed E-state index contributed by atoms with van der Waals surface area (Å²) >= 11 is 3.33. The highest BCUT2D eigenvalue weighted by Crippen LogP contribution is 2.29. The van der Waals surface area contributed by atoms with E-state index in [4.69, 9.17) is 0 Å². The van der Waals surface area contributed by atoms with Gasteiger partial charge in [0.2, 0.25) is 0 Å². The number of rotatable bonds is 6. The zero-order chi connectivity index (χ0) is 12.0. The molecule has 1 amide bonds. The molecule has 0 aliphatic heterocycles. The van der Waals surface area contributed by atoms with Crippen LogP contribution in [0.4, 0.5) is 0 Å². The van der Waals surface area contributed by atoms with Crippen LogP contribution in [-0.2, 0) is 0 Å². The molecule has 0 fully saturated rings. The fourth-order valence-corrected chi connectivity index (χ4v) is 3.03. The van der Waals surface area contributed by atoms with Crippen LogP contribution in [-0.4, -0.2) is 23.5 Å². The Morgan fingerprint density at radius 1 is 1.50 bits per heavy atom. The zero-order valence-corrected chi connectivity index (χ0v) is 11.7. The van der Waals surface area contributed by atoms with Gasteiger partial charge in [-0.05, 0) is 30.5 Å². The van der Waals surface area contributed by atoms with E-state index in [1.807, 2.05) is 29.3 Å². The summed E-state index contributed by atoms with van der Waals surface area (Å²) < 4.78 is 0.187. The third-order valence-electron chi connectivity index (χ3n) is 3.04. The summed E-state index contributed by atoms with van der Waals surface area (Å²) in [5.74, 6) is 0.0512. The predicted molar refractivity (Wildman–Crippen MR) is 73.5 cm³/mol. The van der Waals surface area contributed by atoms with Crippen LogP contribution in [0.15, 0.2) is 17.5 Å². The van der Waals surface area contributed by atoms with E-state index in [1.165, 1.54) is 11.3 Å². The van der Waals surface area contributed by atoms with Crippen LogP contribution >= 0.6 is 23.1 Å². The van der Waals surface area contributed by atoms with Crippen molar-refractivity contribution >= 4 is 29.0 Å². The van der Waals surface area contributed by atoms with Gasteiger partial charge >= 0.3 is 0 Å². The molecule has 0 saturated carbocycles. The van der Waals surface area contributed by atoms with Gasteiger partial charge in [-0.15, -0.1) is 11.3 Å². The van der Waals surface area contributed by atoms with Crippen molar-refractivity contribution in [3.8, 4) is 0 Å². The molecule has 0 spiro atoms. The molecule has 0 unspecified atom stereocenters. The average Bonchev–Trinajstić information content (AvgIpc) is 2.85. The summed E-state index contributed by atoms with van der Waals surface area (Å²) in [4.78, 5) is 12.6. The van der Waals surface area contributed by atoms with Crippen molar-refractivity contribution in [3.63, 3.8) is 0 Å². The van der Waals surface area contributed by atoms with E-state index in [-0.39, 0.29) is 10.7 Å². The van der Waals surface area contributed by atoms with E-state index in [0.29, 0.717) is 0 Å². The Kier molecular flexibility index (Phi) is 5.35. The van der Waals surface area contributed by atoms with E-state index < -0.39 is 0 Å². The Hall–Kier alpha value is -0.480. The monoisotopic (exact) mass is 257 g/mol. The molecule has 1 heterocycles. The molecule has 1 N–H and O–H groups in total. The highest BCUT2D eigenvalue weighted by Gasteiger charge is 2.25. The third kappa shape index (κ3) is 3.25. The molecule has 0 radical (unpaired) electrons. The molecule has 0 bridgehead atoms. The molecule has 1 aromatic rings. The smallest absolute Gasteiger partial charge is 0.261 e. The minimum Gasteiger partial charge on any atom is -0.350 e. The van der Waals surface area contributed by atoms with Crippen molar-refractivity contribution in [1.29, 1.82) is 0 Å². The van der Waals surface area contributed by atoms with Gasteiger partial charge in [-0.3, -0.25) is 4.79 Å². The van der Waals surface area contributed by atoms with E-state index in [2.05, 4.69) is 25.4 Å². The van der Waals surface area contributed by atoms with Crippen molar-refractivity contribution in [2.75, 3.05) is 12.8 Å². The highest BCUT2D eigenvalue weighted by molar-refractivity contribution is 8.00. The van der Waals surface area contributed by atoms with Gasteiger partial charge < -0.3 is 5.32 Å². The Bertz CT molecular complexity index is 310. The first-order valence-corrected chi connectivity index (χ1v) is 7.64. The molecule has 90 valence electrons. The standard InChI is InChI=1S/C12H19NOS2/c1-4-12(5-2,15-3)9-13-11(14)10-7-6-8-16-10/h6-8H,4-5,9H2,1-3H3,(H,13,14). The third-order valence-corrected chi connectivity index (χ3v) is 5.49. The van der Waals surface area contributed by atoms with Gasteiger partial charge in [0.1, 0.15) is 0 Å². The van der Waals surface area contributed by atoms with Gasteiger partial charge in [0.25, 0.3) is 5.91 Å². The van der Waals surface area contributed by atoms with E-state index >= 15 is 0 Å². The van der Waals surface area contributed by atoms with Gasteiger partial charge in [0.05, 0.1) is 4.88 Å². The normalized spacial score (nSPS) is 11.4. The summed E-state index contributed by atoms with van der Waals surface area (Å²) in [6, 6.07) is 3.76. The molecule has 1 rings (SSSR count). The lowest BCUT2D eigenvalue weighted by molar-refractivity contribution is 0.0953. The largest absolute Gasteiger partial charge is 0.350 e. The molecule has 0 saturated heterocycles. The Labute approximate surface area is 106 Å². The number of thiophene rings is 1. The molecule has 2 nitrogen and oxygen atoms in total. The van der Waals surface area contributed by atoms with E-state index in [0.717, 1.165) is 24.3 Å². The maximum atomic E-state index is 11.8. The second kappa shape index (κ2) is 6.30. The van der Waals surface area contributed by atoms with Crippen molar-refractivity contribution in [3.05, 3.63) is 22.4 Å². The number of carbonyl (C=O) groups is 1. The van der Waals surface area contributed by atoms with Crippen LogP contribution in [0.2, 0.25) is 0 Å². The van der Waals surface area contributed by atoms with Crippen molar-refractivity contribution in [2.24, 2.45) is 0 Å². The number of thioether (sulfide) groups is 1. The highest BCUT2D eigenvalue weighted by atomic mass is 32.2. The van der Waals surface area contributed by atoms with Gasteiger partial charge in [0, 0.05) is 11.3 Å². The van der Waals surface area contributed by atoms with E-state index in [9.17, 15) is 4.79 Å². The maximum Gasteiger partial charge on any atom is 0.261 e. The van der Waals surface area contributed by atoms with Gasteiger partial charge in [0.15, 0.2) is 0 Å². The molecule has 0 aliphatic rings. The summed E-state index contributed by atoms with van der Waals surface area (Å²) in [5, 5.41) is 4.96. The fraction of sp³-hybridized carbons (Fsp3) is 0.583. The molecule has 0 atom stereocenters. The number of hydrogen-bond acceptors (Lipinski definition) is 3. The number of amides is 1. The zero-order valence-electron chi connectivity index (χ0n) is 10.1. The second-order valence-electron chi connectivity index (χ2n) is 3.75. The summed E-state index contributed by atoms with van der Waals surface area (Å²) in [7, 11) is 0. The van der Waals surface area contributed by atoms with Crippen LogP contribution in [0.5, 0.6) is 0 Å². The molecular formula is C12H19NOS2. The van der Waals surface area contributed by atoms with Gasteiger partial charge in [-0.1, -0.05) is 19.9 Å². The predicted octanol–water partition coefficient (Wildman–Crippen LogP) is 3.40. The molecular weight excluding hydrogens is 238 g/mol. The molecule has 16 heavy (non-hydrogen) atoms. The lowest BCUT2D eigenvalue weighted by Crippen LogP contribution is -2.39. The fourth-order valence-electron chi connectivity index (χ4n) is 1.60. The van der Waals surface area contributed by atoms with Crippen molar-refractivity contribution in [2.45, 2.75) is 31.4 Å². The number of nitrogens with one attached hydrogen (secondary N) is 1. The first-order chi connectivity index (χ1) is 7.67. The molecule has 0 aromatic carbocycles. The Morgan fingerprint density at radius 2 is 2.19 bits per heavy atom. The van der Waals surface area contributed by atoms with Gasteiger partial charge in [-0.25, -0.2) is 0 Å². The Balaban J connectivity index is 2.53. The average molecular weight is 257 g/mol. The quantitative estimate of drug-likeness (QED) is 0.846. The summed E-state index contributed by atoms with van der Waals surface area (Å²) in [5.41, 5.74) is 0. The Morgan fingerprint density at radius 3 is 2.62 bits per heavy atom.